The molecule has 16 heavy (non-hydrogen) atoms. The molecule has 0 heterocycles. The molecule has 0 fully saturated rings. The maximum absolute atomic E-state index is 11.3. The van der Waals surface area contributed by atoms with Gasteiger partial charge in [0.05, 0.1) is 18.5 Å². The molecule has 0 N–H and O–H groups in total. The van der Waals surface area contributed by atoms with Crippen LogP contribution in [0.3, 0.4) is 0 Å². The minimum atomic E-state index is -0.0633. The molecule has 0 radical (unpaired) electrons. The van der Waals surface area contributed by atoms with Gasteiger partial charge in [-0.25, -0.2) is 0 Å². The number of carbonyl (C=O) groups is 1. The highest BCUT2D eigenvalue weighted by Gasteiger charge is 2.10. The molecule has 4 heteroatoms. The Hall–Kier alpha value is -0.380. The molecule has 0 saturated heterocycles. The Morgan fingerprint density at radius 3 is 2.62 bits per heavy atom. The van der Waals surface area contributed by atoms with Crippen molar-refractivity contribution >= 4 is 33.3 Å². The van der Waals surface area contributed by atoms with Crippen molar-refractivity contribution in [3.63, 3.8) is 0 Å². The van der Waals surface area contributed by atoms with Crippen LogP contribution in [0.15, 0.2) is 24.3 Å². The van der Waals surface area contributed by atoms with Crippen LogP contribution in [0.4, 0.5) is 0 Å². The Morgan fingerprint density at radius 1 is 1.44 bits per heavy atom. The third-order valence-electron chi connectivity index (χ3n) is 2.23. The monoisotopic (exact) mass is 304 g/mol. The topological polar surface area (TPSA) is 26.3 Å². The number of rotatable bonds is 6. The number of alkyl halides is 1. The van der Waals surface area contributed by atoms with Gasteiger partial charge in [-0.3, -0.25) is 4.79 Å². The summed E-state index contributed by atoms with van der Waals surface area (Å²) in [5, 5.41) is 1.10. The number of Topliss-reactive ketones (excluding diaryl/α,β-unsaturated/α-hetero) is 1. The van der Waals surface area contributed by atoms with E-state index < -0.39 is 0 Å². The quantitative estimate of drug-likeness (QED) is 0.752. The first-order valence-corrected chi connectivity index (χ1v) is 6.54. The Labute approximate surface area is 109 Å². The van der Waals surface area contributed by atoms with E-state index in [0.29, 0.717) is 23.6 Å². The summed E-state index contributed by atoms with van der Waals surface area (Å²) in [6.07, 6.45) is 0. The van der Waals surface area contributed by atoms with Crippen molar-refractivity contribution in [2.45, 2.75) is 13.5 Å². The third kappa shape index (κ3) is 4.64. The van der Waals surface area contributed by atoms with Gasteiger partial charge in [0.1, 0.15) is 5.78 Å². The predicted octanol–water partition coefficient (Wildman–Crippen LogP) is 3.46. The summed E-state index contributed by atoms with van der Waals surface area (Å²) in [6.45, 7) is 2.83. The van der Waals surface area contributed by atoms with E-state index in [1.54, 1.807) is 0 Å². The molecule has 0 aliphatic rings. The summed E-state index contributed by atoms with van der Waals surface area (Å²) in [5.41, 5.74) is 1.06. The average molecular weight is 306 g/mol. The fraction of sp³-hybridized carbons (Fsp3) is 0.417. The third-order valence-corrected chi connectivity index (χ3v) is 3.04. The molecule has 0 saturated carbocycles. The molecule has 2 nitrogen and oxygen atoms in total. The summed E-state index contributed by atoms with van der Waals surface area (Å²) < 4.78 is 5.46. The first-order chi connectivity index (χ1) is 7.63. The maximum Gasteiger partial charge on any atom is 0.148 e. The molecule has 0 aliphatic carbocycles. The summed E-state index contributed by atoms with van der Waals surface area (Å²) in [5.74, 6) is 0.0998. The zero-order valence-corrected chi connectivity index (χ0v) is 11.4. The van der Waals surface area contributed by atoms with E-state index in [1.807, 2.05) is 31.2 Å². The summed E-state index contributed by atoms with van der Waals surface area (Å²) >= 11 is 8.91. The summed E-state index contributed by atoms with van der Waals surface area (Å²) in [6, 6.07) is 7.49. The first-order valence-electron chi connectivity index (χ1n) is 5.04. The lowest BCUT2D eigenvalue weighted by Crippen LogP contribution is -2.17. The van der Waals surface area contributed by atoms with Gasteiger partial charge in [-0.05, 0) is 17.7 Å². The van der Waals surface area contributed by atoms with Crippen LogP contribution in [0.25, 0.3) is 0 Å². The minimum Gasteiger partial charge on any atom is -0.376 e. The van der Waals surface area contributed by atoms with Crippen molar-refractivity contribution in [3.05, 3.63) is 34.9 Å². The lowest BCUT2D eigenvalue weighted by Gasteiger charge is -2.09. The second-order valence-electron chi connectivity index (χ2n) is 3.64. The van der Waals surface area contributed by atoms with Crippen molar-refractivity contribution in [1.82, 2.24) is 0 Å². The lowest BCUT2D eigenvalue weighted by atomic mass is 10.1. The number of hydrogen-bond donors (Lipinski definition) is 0. The fourth-order valence-electron chi connectivity index (χ4n) is 1.16. The highest BCUT2D eigenvalue weighted by atomic mass is 79.9. The van der Waals surface area contributed by atoms with Crippen molar-refractivity contribution in [2.24, 2.45) is 5.92 Å². The number of ketones is 1. The van der Waals surface area contributed by atoms with E-state index in [1.165, 1.54) is 0 Å². The predicted molar refractivity (Wildman–Crippen MR) is 69.1 cm³/mol. The smallest absolute Gasteiger partial charge is 0.148 e. The Morgan fingerprint density at radius 2 is 2.06 bits per heavy atom. The Balaban J connectivity index is 2.30. The summed E-state index contributed by atoms with van der Waals surface area (Å²) in [7, 11) is 0. The van der Waals surface area contributed by atoms with E-state index in [0.717, 1.165) is 5.56 Å². The number of ether oxygens (including phenoxy) is 1. The normalized spacial score (nSPS) is 12.4. The SMILES string of the molecule is CC(COCc1ccc(Cl)cc1)C(=O)CBr. The fourth-order valence-corrected chi connectivity index (χ4v) is 1.84. The zero-order chi connectivity index (χ0) is 12.0. The summed E-state index contributed by atoms with van der Waals surface area (Å²) in [4.78, 5) is 11.3. The van der Waals surface area contributed by atoms with Gasteiger partial charge < -0.3 is 4.74 Å². The molecule has 1 aromatic rings. The van der Waals surface area contributed by atoms with E-state index in [-0.39, 0.29) is 11.7 Å². The zero-order valence-electron chi connectivity index (χ0n) is 9.08. The Bertz CT molecular complexity index is 337. The van der Waals surface area contributed by atoms with Gasteiger partial charge in [0.25, 0.3) is 0 Å². The molecule has 1 aromatic carbocycles. The van der Waals surface area contributed by atoms with Crippen LogP contribution in [-0.2, 0) is 16.1 Å². The molecule has 0 aliphatic heterocycles. The standard InChI is InChI=1S/C12H14BrClO2/c1-9(12(15)6-13)7-16-8-10-2-4-11(14)5-3-10/h2-5,9H,6-8H2,1H3. The lowest BCUT2D eigenvalue weighted by molar-refractivity contribution is -0.121. The van der Waals surface area contributed by atoms with Crippen molar-refractivity contribution in [3.8, 4) is 0 Å². The molecule has 0 aromatic heterocycles. The molecular formula is C12H14BrClO2. The maximum atomic E-state index is 11.3. The van der Waals surface area contributed by atoms with Crippen LogP contribution >= 0.6 is 27.5 Å². The van der Waals surface area contributed by atoms with Gasteiger partial charge in [0, 0.05) is 10.9 Å². The molecular weight excluding hydrogens is 291 g/mol. The van der Waals surface area contributed by atoms with Crippen molar-refractivity contribution < 1.29 is 9.53 Å². The number of hydrogen-bond acceptors (Lipinski definition) is 2. The molecule has 0 bridgehead atoms. The average Bonchev–Trinajstić information content (AvgIpc) is 2.30. The van der Waals surface area contributed by atoms with Crippen LogP contribution in [-0.4, -0.2) is 17.7 Å². The van der Waals surface area contributed by atoms with Crippen LogP contribution in [0.5, 0.6) is 0 Å². The van der Waals surface area contributed by atoms with E-state index >= 15 is 0 Å². The molecule has 0 amide bonds. The molecule has 1 atom stereocenters. The van der Waals surface area contributed by atoms with Crippen LogP contribution in [0, 0.1) is 5.92 Å². The van der Waals surface area contributed by atoms with Gasteiger partial charge in [0.2, 0.25) is 0 Å². The largest absolute Gasteiger partial charge is 0.376 e. The van der Waals surface area contributed by atoms with Crippen LogP contribution in [0.1, 0.15) is 12.5 Å². The van der Waals surface area contributed by atoms with Gasteiger partial charge in [0.15, 0.2) is 0 Å². The van der Waals surface area contributed by atoms with Crippen LogP contribution in [0.2, 0.25) is 5.02 Å². The second-order valence-corrected chi connectivity index (χ2v) is 4.64. The van der Waals surface area contributed by atoms with Gasteiger partial charge in [-0.15, -0.1) is 0 Å². The van der Waals surface area contributed by atoms with Crippen LogP contribution < -0.4 is 0 Å². The number of benzene rings is 1. The number of halogens is 2. The van der Waals surface area contributed by atoms with Crippen molar-refractivity contribution in [2.75, 3.05) is 11.9 Å². The van der Waals surface area contributed by atoms with E-state index in [2.05, 4.69) is 15.9 Å². The van der Waals surface area contributed by atoms with Gasteiger partial charge >= 0.3 is 0 Å². The number of carbonyl (C=O) groups excluding carboxylic acids is 1. The van der Waals surface area contributed by atoms with Crippen molar-refractivity contribution in [1.29, 1.82) is 0 Å². The highest BCUT2D eigenvalue weighted by molar-refractivity contribution is 9.09. The molecule has 1 rings (SSSR count). The van der Waals surface area contributed by atoms with E-state index in [9.17, 15) is 4.79 Å². The first kappa shape index (κ1) is 13.7. The molecule has 1 unspecified atom stereocenters. The Kier molecular flexibility index (Phi) is 6.03. The van der Waals surface area contributed by atoms with Gasteiger partial charge in [-0.1, -0.05) is 46.6 Å². The van der Waals surface area contributed by atoms with E-state index in [4.69, 9.17) is 16.3 Å². The second kappa shape index (κ2) is 7.05. The minimum absolute atomic E-state index is 0.0633. The molecule has 0 spiro atoms. The molecule has 88 valence electrons. The van der Waals surface area contributed by atoms with Gasteiger partial charge in [-0.2, -0.15) is 0 Å². The highest BCUT2D eigenvalue weighted by Crippen LogP contribution is 2.11.